The first-order valence-corrected chi connectivity index (χ1v) is 5.95. The van der Waals surface area contributed by atoms with Gasteiger partial charge in [-0.2, -0.15) is 4.37 Å². The summed E-state index contributed by atoms with van der Waals surface area (Å²) in [6.07, 6.45) is 0. The summed E-state index contributed by atoms with van der Waals surface area (Å²) < 4.78 is 16.8. The number of rotatable bonds is 4. The van der Waals surface area contributed by atoms with E-state index in [1.807, 2.05) is 0 Å². The first kappa shape index (κ1) is 12.4. The number of benzene rings is 1. The molecule has 0 aliphatic carbocycles. The van der Waals surface area contributed by atoms with Crippen LogP contribution in [0.3, 0.4) is 0 Å². The zero-order valence-electron chi connectivity index (χ0n) is 9.55. The van der Waals surface area contributed by atoms with E-state index in [4.69, 9.17) is 5.73 Å². The van der Waals surface area contributed by atoms with E-state index < -0.39 is 11.9 Å². The predicted molar refractivity (Wildman–Crippen MR) is 66.6 cm³/mol. The molecular formula is C11H11FN4OS. The van der Waals surface area contributed by atoms with Crippen LogP contribution >= 0.6 is 11.5 Å². The lowest BCUT2D eigenvalue weighted by molar-refractivity contribution is -0.118. The minimum absolute atomic E-state index is 0.367. The summed E-state index contributed by atoms with van der Waals surface area (Å²) in [6, 6.07) is 4.81. The Morgan fingerprint density at radius 2 is 2.11 bits per heavy atom. The fourth-order valence-corrected chi connectivity index (χ4v) is 2.06. The van der Waals surface area contributed by atoms with Crippen molar-refractivity contribution in [3.05, 3.63) is 41.5 Å². The monoisotopic (exact) mass is 266 g/mol. The van der Waals surface area contributed by atoms with Gasteiger partial charge in [0, 0.05) is 11.5 Å². The molecule has 1 aromatic carbocycles. The highest BCUT2D eigenvalue weighted by Gasteiger charge is 2.19. The molecule has 0 saturated heterocycles. The molecule has 1 amide bonds. The van der Waals surface area contributed by atoms with Gasteiger partial charge >= 0.3 is 0 Å². The highest BCUT2D eigenvalue weighted by atomic mass is 32.1. The topological polar surface area (TPSA) is 80.9 Å². The molecule has 3 N–H and O–H groups in total. The molecule has 0 saturated carbocycles. The van der Waals surface area contributed by atoms with Gasteiger partial charge in [0.1, 0.15) is 17.7 Å². The van der Waals surface area contributed by atoms with Gasteiger partial charge < -0.3 is 11.1 Å². The van der Waals surface area contributed by atoms with Gasteiger partial charge in [-0.15, -0.1) is 0 Å². The molecule has 2 aromatic rings. The van der Waals surface area contributed by atoms with E-state index in [2.05, 4.69) is 14.7 Å². The van der Waals surface area contributed by atoms with Crippen LogP contribution in [0.15, 0.2) is 24.3 Å². The van der Waals surface area contributed by atoms with Gasteiger partial charge in [0.2, 0.25) is 11.0 Å². The van der Waals surface area contributed by atoms with Gasteiger partial charge in [0.05, 0.1) is 0 Å². The molecule has 5 nitrogen and oxygen atoms in total. The van der Waals surface area contributed by atoms with Crippen LogP contribution in [-0.2, 0) is 4.79 Å². The lowest BCUT2D eigenvalue weighted by Gasteiger charge is -2.14. The summed E-state index contributed by atoms with van der Waals surface area (Å²) in [5.41, 5.74) is 5.90. The van der Waals surface area contributed by atoms with Crippen LogP contribution in [0.1, 0.15) is 17.4 Å². The molecular weight excluding hydrogens is 255 g/mol. The third-order valence-electron chi connectivity index (χ3n) is 2.28. The van der Waals surface area contributed by atoms with Crippen LogP contribution in [-0.4, -0.2) is 15.3 Å². The molecule has 0 aliphatic rings. The van der Waals surface area contributed by atoms with Crippen LogP contribution in [0, 0.1) is 12.7 Å². The summed E-state index contributed by atoms with van der Waals surface area (Å²) in [6.45, 7) is 1.75. The van der Waals surface area contributed by atoms with E-state index >= 15 is 0 Å². The number of hydrogen-bond acceptors (Lipinski definition) is 5. The second-order valence-electron chi connectivity index (χ2n) is 3.68. The minimum atomic E-state index is -0.752. The molecule has 1 aromatic heterocycles. The van der Waals surface area contributed by atoms with E-state index in [1.54, 1.807) is 6.92 Å². The molecule has 0 spiro atoms. The first-order chi connectivity index (χ1) is 8.56. The van der Waals surface area contributed by atoms with Gasteiger partial charge in [-0.3, -0.25) is 4.79 Å². The summed E-state index contributed by atoms with van der Waals surface area (Å²) >= 11 is 1.14. The van der Waals surface area contributed by atoms with Crippen molar-refractivity contribution in [1.29, 1.82) is 0 Å². The highest BCUT2D eigenvalue weighted by Crippen LogP contribution is 2.21. The zero-order valence-corrected chi connectivity index (χ0v) is 10.4. The van der Waals surface area contributed by atoms with Crippen LogP contribution in [0.2, 0.25) is 0 Å². The van der Waals surface area contributed by atoms with Gasteiger partial charge in [0.15, 0.2) is 0 Å². The molecule has 94 valence electrons. The van der Waals surface area contributed by atoms with Crippen LogP contribution in [0.5, 0.6) is 0 Å². The van der Waals surface area contributed by atoms with Crippen molar-refractivity contribution < 1.29 is 9.18 Å². The SMILES string of the molecule is Cc1nsc(NC(C(N)=O)c2ccc(F)cc2)n1. The number of anilines is 1. The van der Waals surface area contributed by atoms with Crippen molar-refractivity contribution in [2.75, 3.05) is 5.32 Å². The summed E-state index contributed by atoms with van der Waals surface area (Å²) in [7, 11) is 0. The lowest BCUT2D eigenvalue weighted by atomic mass is 10.1. The highest BCUT2D eigenvalue weighted by molar-refractivity contribution is 7.09. The molecule has 18 heavy (non-hydrogen) atoms. The maximum atomic E-state index is 12.8. The molecule has 0 aliphatic heterocycles. The molecule has 1 unspecified atom stereocenters. The average Bonchev–Trinajstić information content (AvgIpc) is 2.73. The minimum Gasteiger partial charge on any atom is -0.368 e. The Morgan fingerprint density at radius 3 is 2.61 bits per heavy atom. The zero-order chi connectivity index (χ0) is 13.1. The number of nitrogens with zero attached hydrogens (tertiary/aromatic N) is 2. The van der Waals surface area contributed by atoms with Gasteiger partial charge in [0.25, 0.3) is 0 Å². The fourth-order valence-electron chi connectivity index (χ4n) is 1.45. The van der Waals surface area contributed by atoms with E-state index in [0.29, 0.717) is 16.5 Å². The molecule has 7 heteroatoms. The fraction of sp³-hybridized carbons (Fsp3) is 0.182. The quantitative estimate of drug-likeness (QED) is 0.881. The number of aromatic nitrogens is 2. The molecule has 0 bridgehead atoms. The number of carbonyl (C=O) groups is 1. The molecule has 1 heterocycles. The van der Waals surface area contributed by atoms with Gasteiger partial charge in [-0.05, 0) is 24.6 Å². The maximum absolute atomic E-state index is 12.8. The number of aryl methyl sites for hydroxylation is 1. The third-order valence-corrected chi connectivity index (χ3v) is 3.02. The Kier molecular flexibility index (Phi) is 3.52. The number of nitrogens with one attached hydrogen (secondary N) is 1. The Hall–Kier alpha value is -2.02. The second-order valence-corrected chi connectivity index (χ2v) is 4.43. The average molecular weight is 266 g/mol. The standard InChI is InChI=1S/C11H11FN4OS/c1-6-14-11(18-16-6)15-9(10(13)17)7-2-4-8(12)5-3-7/h2-5,9H,1H3,(H2,13,17)(H,14,15,16). The number of primary amides is 1. The van der Waals surface area contributed by atoms with Crippen LogP contribution in [0.25, 0.3) is 0 Å². The van der Waals surface area contributed by atoms with Crippen molar-refractivity contribution in [2.45, 2.75) is 13.0 Å². The Balaban J connectivity index is 2.23. The number of carbonyl (C=O) groups excluding carboxylic acids is 1. The summed E-state index contributed by atoms with van der Waals surface area (Å²) in [5, 5.41) is 3.38. The number of amides is 1. The van der Waals surface area contributed by atoms with E-state index in [1.165, 1.54) is 24.3 Å². The third kappa shape index (κ3) is 2.80. The van der Waals surface area contributed by atoms with Gasteiger partial charge in [-0.1, -0.05) is 12.1 Å². The van der Waals surface area contributed by atoms with Crippen molar-refractivity contribution in [3.63, 3.8) is 0 Å². The van der Waals surface area contributed by atoms with Crippen LogP contribution < -0.4 is 11.1 Å². The van der Waals surface area contributed by atoms with Crippen LogP contribution in [0.4, 0.5) is 9.52 Å². The number of nitrogens with two attached hydrogens (primary N) is 1. The van der Waals surface area contributed by atoms with E-state index in [9.17, 15) is 9.18 Å². The Morgan fingerprint density at radius 1 is 1.44 bits per heavy atom. The normalized spacial score (nSPS) is 12.1. The second kappa shape index (κ2) is 5.09. The first-order valence-electron chi connectivity index (χ1n) is 5.18. The largest absolute Gasteiger partial charge is 0.368 e. The van der Waals surface area contributed by atoms with E-state index in [0.717, 1.165) is 11.5 Å². The lowest BCUT2D eigenvalue weighted by Crippen LogP contribution is -2.27. The predicted octanol–water partition coefficient (Wildman–Crippen LogP) is 1.62. The van der Waals surface area contributed by atoms with Crippen molar-refractivity contribution in [3.8, 4) is 0 Å². The summed E-state index contributed by atoms with van der Waals surface area (Å²) in [4.78, 5) is 15.5. The van der Waals surface area contributed by atoms with E-state index in [-0.39, 0.29) is 5.82 Å². The van der Waals surface area contributed by atoms with Crippen molar-refractivity contribution >= 4 is 22.6 Å². The number of hydrogen-bond donors (Lipinski definition) is 2. The Labute approximate surface area is 107 Å². The maximum Gasteiger partial charge on any atom is 0.244 e. The molecule has 0 radical (unpaired) electrons. The molecule has 1 atom stereocenters. The Bertz CT molecular complexity index is 554. The van der Waals surface area contributed by atoms with Gasteiger partial charge in [-0.25, -0.2) is 9.37 Å². The smallest absolute Gasteiger partial charge is 0.244 e. The van der Waals surface area contributed by atoms with Crippen molar-refractivity contribution in [1.82, 2.24) is 9.36 Å². The van der Waals surface area contributed by atoms with Crippen molar-refractivity contribution in [2.24, 2.45) is 5.73 Å². The number of halogens is 1. The molecule has 0 fully saturated rings. The molecule has 2 rings (SSSR count). The summed E-state index contributed by atoms with van der Waals surface area (Å²) in [5.74, 6) is -0.312.